The fourth-order valence-electron chi connectivity index (χ4n) is 1.37. The van der Waals surface area contributed by atoms with Gasteiger partial charge in [-0.05, 0) is 25.7 Å². The zero-order valence-electron chi connectivity index (χ0n) is 9.34. The Kier molecular flexibility index (Phi) is 5.81. The third-order valence-corrected chi connectivity index (χ3v) is 3.13. The molecule has 0 bridgehead atoms. The van der Waals surface area contributed by atoms with E-state index in [0.29, 0.717) is 6.42 Å². The Bertz CT molecular complexity index is 249. The Balaban J connectivity index is 0. The number of rotatable bonds is 2. The molecule has 0 heterocycles. The van der Waals surface area contributed by atoms with Gasteiger partial charge < -0.3 is 4.55 Å². The molecule has 13 heavy (non-hydrogen) atoms. The van der Waals surface area contributed by atoms with Gasteiger partial charge in [-0.15, -0.1) is 0 Å². The largest absolute Gasteiger partial charge is 1.00 e. The fraction of sp³-hybridized carbons (Fsp3) is 1.00. The van der Waals surface area contributed by atoms with Gasteiger partial charge in [0.2, 0.25) is 0 Å². The maximum absolute atomic E-state index is 10.8. The van der Waals surface area contributed by atoms with Crippen LogP contribution < -0.4 is 29.6 Å². The van der Waals surface area contributed by atoms with Crippen LogP contribution in [0, 0.1) is 5.41 Å². The van der Waals surface area contributed by atoms with Crippen LogP contribution in [0.1, 0.15) is 41.0 Å². The summed E-state index contributed by atoms with van der Waals surface area (Å²) in [5.41, 5.74) is -0.138. The molecular weight excluding hydrogens is 199 g/mol. The Morgan fingerprint density at radius 2 is 1.38 bits per heavy atom. The summed E-state index contributed by atoms with van der Waals surface area (Å²) >= 11 is 0. The van der Waals surface area contributed by atoms with Gasteiger partial charge in [0.1, 0.15) is 0 Å². The van der Waals surface area contributed by atoms with Crippen molar-refractivity contribution in [3.63, 3.8) is 0 Å². The first kappa shape index (κ1) is 16.3. The molecule has 0 N–H and O–H groups in total. The van der Waals surface area contributed by atoms with Gasteiger partial charge in [0.15, 0.2) is 0 Å². The van der Waals surface area contributed by atoms with Crippen LogP contribution in [0.4, 0.5) is 0 Å². The molecule has 0 amide bonds. The second-order valence-electron chi connectivity index (χ2n) is 4.95. The van der Waals surface area contributed by atoms with Crippen molar-refractivity contribution in [3.8, 4) is 0 Å². The van der Waals surface area contributed by atoms with E-state index in [0.717, 1.165) is 0 Å². The summed E-state index contributed by atoms with van der Waals surface area (Å²) < 4.78 is 31.2. The van der Waals surface area contributed by atoms with Crippen LogP contribution in [0.3, 0.4) is 0 Å². The molecule has 0 aliphatic rings. The normalized spacial score (nSPS) is 13.7. The Morgan fingerprint density at radius 3 is 1.46 bits per heavy atom. The van der Waals surface area contributed by atoms with E-state index >= 15 is 0 Å². The molecule has 0 aliphatic carbocycles. The van der Waals surface area contributed by atoms with Gasteiger partial charge in [0.25, 0.3) is 0 Å². The molecule has 0 aromatic heterocycles. The average Bonchev–Trinajstić information content (AvgIpc) is 1.52. The SMILES string of the molecule is CC(C)(C)CC(C)(C)S(=O)(=O)[O-].[Na+]. The standard InChI is InChI=1S/C8H18O3S.Na/c1-7(2,3)6-8(4,5)12(9,10)11;/h6H2,1-5H3,(H,9,10,11);/q;+1/p-1. The first-order valence-corrected chi connectivity index (χ1v) is 5.32. The van der Waals surface area contributed by atoms with Crippen molar-refractivity contribution in [1.29, 1.82) is 0 Å². The van der Waals surface area contributed by atoms with Gasteiger partial charge in [-0.25, -0.2) is 8.42 Å². The molecule has 0 saturated carbocycles. The van der Waals surface area contributed by atoms with Crippen LogP contribution in [-0.4, -0.2) is 17.7 Å². The molecular formula is C8H17NaO3S. The number of hydrogen-bond donors (Lipinski definition) is 0. The maximum Gasteiger partial charge on any atom is 1.00 e. The zero-order valence-corrected chi connectivity index (χ0v) is 12.2. The number of hydrogen-bond acceptors (Lipinski definition) is 3. The molecule has 0 saturated heterocycles. The topological polar surface area (TPSA) is 57.2 Å². The van der Waals surface area contributed by atoms with Gasteiger partial charge in [-0.2, -0.15) is 0 Å². The second kappa shape index (κ2) is 4.62. The van der Waals surface area contributed by atoms with Crippen LogP contribution in [0.5, 0.6) is 0 Å². The Labute approximate surface area is 103 Å². The van der Waals surface area contributed by atoms with Gasteiger partial charge in [-0.1, -0.05) is 20.8 Å². The van der Waals surface area contributed by atoms with Gasteiger partial charge in [0, 0.05) is 0 Å². The molecule has 0 aromatic rings. The third-order valence-electron chi connectivity index (χ3n) is 1.63. The molecule has 3 nitrogen and oxygen atoms in total. The van der Waals surface area contributed by atoms with E-state index in [1.807, 2.05) is 20.8 Å². The molecule has 74 valence electrons. The van der Waals surface area contributed by atoms with E-state index < -0.39 is 14.9 Å². The minimum atomic E-state index is -4.19. The summed E-state index contributed by atoms with van der Waals surface area (Å²) in [5, 5.41) is 0. The summed E-state index contributed by atoms with van der Waals surface area (Å²) in [7, 11) is -4.19. The third kappa shape index (κ3) is 6.07. The van der Waals surface area contributed by atoms with Crippen molar-refractivity contribution in [3.05, 3.63) is 0 Å². The molecule has 0 spiro atoms. The van der Waals surface area contributed by atoms with Crippen LogP contribution in [-0.2, 0) is 10.1 Å². The average molecular weight is 216 g/mol. The molecule has 0 fully saturated rings. The summed E-state index contributed by atoms with van der Waals surface area (Å²) in [6, 6.07) is 0. The van der Waals surface area contributed by atoms with E-state index in [2.05, 4.69) is 0 Å². The second-order valence-corrected chi connectivity index (χ2v) is 6.96. The summed E-state index contributed by atoms with van der Waals surface area (Å²) in [5.74, 6) is 0. The quantitative estimate of drug-likeness (QED) is 0.428. The van der Waals surface area contributed by atoms with E-state index in [-0.39, 0.29) is 35.0 Å². The van der Waals surface area contributed by atoms with E-state index in [4.69, 9.17) is 0 Å². The van der Waals surface area contributed by atoms with Gasteiger partial charge >= 0.3 is 29.6 Å². The summed E-state index contributed by atoms with van der Waals surface area (Å²) in [4.78, 5) is 0. The first-order valence-electron chi connectivity index (χ1n) is 3.91. The van der Waals surface area contributed by atoms with Gasteiger partial charge in [0.05, 0.1) is 14.9 Å². The van der Waals surface area contributed by atoms with Crippen molar-refractivity contribution >= 4 is 10.1 Å². The van der Waals surface area contributed by atoms with Crippen molar-refractivity contribution in [2.45, 2.75) is 45.8 Å². The van der Waals surface area contributed by atoms with Crippen molar-refractivity contribution in [1.82, 2.24) is 0 Å². The molecule has 5 heteroatoms. The van der Waals surface area contributed by atoms with Crippen molar-refractivity contribution < 1.29 is 42.5 Å². The minimum Gasteiger partial charge on any atom is -0.748 e. The zero-order chi connectivity index (χ0) is 10.2. The molecule has 0 unspecified atom stereocenters. The summed E-state index contributed by atoms with van der Waals surface area (Å²) in [6.45, 7) is 8.70. The molecule has 0 radical (unpaired) electrons. The molecule has 0 aromatic carbocycles. The fourth-order valence-corrected chi connectivity index (χ4v) is 1.98. The Hall–Kier alpha value is 0.910. The van der Waals surface area contributed by atoms with Crippen molar-refractivity contribution in [2.75, 3.05) is 0 Å². The monoisotopic (exact) mass is 216 g/mol. The minimum absolute atomic E-state index is 0. The van der Waals surface area contributed by atoms with E-state index in [1.54, 1.807) is 0 Å². The van der Waals surface area contributed by atoms with E-state index in [1.165, 1.54) is 13.8 Å². The maximum atomic E-state index is 10.8. The molecule has 0 rings (SSSR count). The predicted octanol–water partition coefficient (Wildman–Crippen LogP) is -1.25. The Morgan fingerprint density at radius 1 is 1.08 bits per heavy atom. The van der Waals surface area contributed by atoms with Crippen LogP contribution >= 0.6 is 0 Å². The van der Waals surface area contributed by atoms with Crippen LogP contribution in [0.25, 0.3) is 0 Å². The molecule has 0 atom stereocenters. The van der Waals surface area contributed by atoms with Crippen molar-refractivity contribution in [2.24, 2.45) is 5.41 Å². The van der Waals surface area contributed by atoms with Gasteiger partial charge in [-0.3, -0.25) is 0 Å². The molecule has 0 aliphatic heterocycles. The summed E-state index contributed by atoms with van der Waals surface area (Å²) in [6.07, 6.45) is 0.381. The van der Waals surface area contributed by atoms with E-state index in [9.17, 15) is 13.0 Å². The predicted molar refractivity (Wildman–Crippen MR) is 47.8 cm³/mol. The van der Waals surface area contributed by atoms with Crippen LogP contribution in [0.2, 0.25) is 0 Å². The smallest absolute Gasteiger partial charge is 0.748 e. The first-order chi connectivity index (χ1) is 4.96. The van der Waals surface area contributed by atoms with Crippen LogP contribution in [0.15, 0.2) is 0 Å².